The van der Waals surface area contributed by atoms with Crippen molar-refractivity contribution in [3.63, 3.8) is 0 Å². The molecule has 1 aromatic heterocycles. The Bertz CT molecular complexity index is 456. The van der Waals surface area contributed by atoms with Gasteiger partial charge >= 0.3 is 0 Å². The first-order chi connectivity index (χ1) is 8.60. The third-order valence-electron chi connectivity index (χ3n) is 2.55. The molecule has 1 unspecified atom stereocenters. The van der Waals surface area contributed by atoms with Crippen molar-refractivity contribution in [3.8, 4) is 0 Å². The number of carbonyl (C=O) groups excluding carboxylic acids is 1. The summed E-state index contributed by atoms with van der Waals surface area (Å²) in [5.74, 6) is 0.0726. The number of anilines is 1. The van der Waals surface area contributed by atoms with Crippen molar-refractivity contribution in [2.45, 2.75) is 39.8 Å². The lowest BCUT2D eigenvalue weighted by Gasteiger charge is -2.14. The van der Waals surface area contributed by atoms with E-state index >= 15 is 0 Å². The summed E-state index contributed by atoms with van der Waals surface area (Å²) in [7, 11) is 0. The molecule has 18 heavy (non-hydrogen) atoms. The Hall–Kier alpha value is -1.85. The highest BCUT2D eigenvalue weighted by Gasteiger charge is 2.14. The highest BCUT2D eigenvalue weighted by Crippen LogP contribution is 1.97. The van der Waals surface area contributed by atoms with Gasteiger partial charge in [-0.2, -0.15) is 0 Å². The van der Waals surface area contributed by atoms with Gasteiger partial charge in [-0.25, -0.2) is 4.98 Å². The van der Waals surface area contributed by atoms with Crippen LogP contribution in [0.15, 0.2) is 17.2 Å². The second kappa shape index (κ2) is 6.78. The molecule has 0 bridgehead atoms. The summed E-state index contributed by atoms with van der Waals surface area (Å²) in [4.78, 5) is 27.5. The summed E-state index contributed by atoms with van der Waals surface area (Å²) >= 11 is 0. The predicted molar refractivity (Wildman–Crippen MR) is 70.6 cm³/mol. The first kappa shape index (κ1) is 14.2. The van der Waals surface area contributed by atoms with Gasteiger partial charge in [0.2, 0.25) is 5.91 Å². The molecule has 1 atom stereocenters. The molecule has 1 rings (SSSR count). The van der Waals surface area contributed by atoms with Crippen LogP contribution in [0.5, 0.6) is 0 Å². The van der Waals surface area contributed by atoms with E-state index in [1.165, 1.54) is 4.57 Å². The summed E-state index contributed by atoms with van der Waals surface area (Å²) in [5.41, 5.74) is -0.213. The summed E-state index contributed by atoms with van der Waals surface area (Å²) in [5, 5.41) is 5.60. The molecule has 0 aliphatic rings. The number of nitrogens with one attached hydrogen (secondary N) is 2. The number of aryl methyl sites for hydroxylation is 1. The third kappa shape index (κ3) is 3.58. The van der Waals surface area contributed by atoms with Crippen LogP contribution < -0.4 is 16.2 Å². The molecule has 6 heteroatoms. The largest absolute Gasteiger partial charge is 0.354 e. The van der Waals surface area contributed by atoms with Gasteiger partial charge in [-0.3, -0.25) is 9.59 Å². The van der Waals surface area contributed by atoms with Crippen molar-refractivity contribution in [2.24, 2.45) is 0 Å². The molecule has 0 aromatic carbocycles. The molecule has 1 amide bonds. The van der Waals surface area contributed by atoms with Gasteiger partial charge in [0, 0.05) is 25.5 Å². The fraction of sp³-hybridized carbons (Fsp3) is 0.583. The van der Waals surface area contributed by atoms with E-state index < -0.39 is 6.04 Å². The number of nitrogens with zero attached hydrogens (tertiary/aromatic N) is 2. The van der Waals surface area contributed by atoms with Gasteiger partial charge in [0.25, 0.3) is 5.56 Å². The van der Waals surface area contributed by atoms with Gasteiger partial charge in [-0.15, -0.1) is 0 Å². The van der Waals surface area contributed by atoms with E-state index in [4.69, 9.17) is 0 Å². The van der Waals surface area contributed by atoms with Crippen LogP contribution in [0.4, 0.5) is 5.82 Å². The standard InChI is InChI=1S/C12H20N4O2/c1-4-6-14-11(17)9(3)15-10-12(18)16(5-2)8-7-13-10/h7-9H,4-6H2,1-3H3,(H,13,15)(H,14,17). The zero-order chi connectivity index (χ0) is 13.5. The van der Waals surface area contributed by atoms with Crippen LogP contribution in [0, 0.1) is 0 Å². The minimum absolute atomic E-state index is 0.134. The fourth-order valence-electron chi connectivity index (χ4n) is 1.47. The van der Waals surface area contributed by atoms with E-state index in [0.29, 0.717) is 13.1 Å². The average molecular weight is 252 g/mol. The van der Waals surface area contributed by atoms with Crippen molar-refractivity contribution in [1.82, 2.24) is 14.9 Å². The van der Waals surface area contributed by atoms with Crippen molar-refractivity contribution in [2.75, 3.05) is 11.9 Å². The smallest absolute Gasteiger partial charge is 0.293 e. The molecule has 1 heterocycles. The highest BCUT2D eigenvalue weighted by atomic mass is 16.2. The number of rotatable bonds is 6. The van der Waals surface area contributed by atoms with Crippen LogP contribution in [0.25, 0.3) is 0 Å². The Morgan fingerprint density at radius 1 is 1.50 bits per heavy atom. The van der Waals surface area contributed by atoms with E-state index in [1.807, 2.05) is 13.8 Å². The molecule has 0 aliphatic carbocycles. The minimum atomic E-state index is -0.482. The summed E-state index contributed by atoms with van der Waals surface area (Å²) in [6, 6.07) is -0.482. The average Bonchev–Trinajstić information content (AvgIpc) is 2.38. The molecular formula is C12H20N4O2. The highest BCUT2D eigenvalue weighted by molar-refractivity contribution is 5.83. The van der Waals surface area contributed by atoms with Crippen LogP contribution in [-0.4, -0.2) is 28.0 Å². The molecule has 0 aliphatic heterocycles. The Kier molecular flexibility index (Phi) is 5.35. The number of carbonyl (C=O) groups is 1. The molecule has 6 nitrogen and oxygen atoms in total. The molecule has 100 valence electrons. The van der Waals surface area contributed by atoms with E-state index in [2.05, 4.69) is 15.6 Å². The SMILES string of the molecule is CCCNC(=O)C(C)Nc1nccn(CC)c1=O. The van der Waals surface area contributed by atoms with E-state index in [1.54, 1.807) is 19.3 Å². The van der Waals surface area contributed by atoms with Crippen LogP contribution in [-0.2, 0) is 11.3 Å². The predicted octanol–water partition coefficient (Wildman–Crippen LogP) is 0.590. The zero-order valence-corrected chi connectivity index (χ0v) is 11.1. The van der Waals surface area contributed by atoms with Crippen molar-refractivity contribution < 1.29 is 4.79 Å². The Morgan fingerprint density at radius 2 is 2.22 bits per heavy atom. The molecule has 0 spiro atoms. The van der Waals surface area contributed by atoms with Crippen LogP contribution >= 0.6 is 0 Å². The monoisotopic (exact) mass is 252 g/mol. The molecule has 2 N–H and O–H groups in total. The molecule has 0 radical (unpaired) electrons. The first-order valence-electron chi connectivity index (χ1n) is 6.19. The van der Waals surface area contributed by atoms with E-state index in [0.717, 1.165) is 6.42 Å². The lowest BCUT2D eigenvalue weighted by molar-refractivity contribution is -0.121. The topological polar surface area (TPSA) is 76.0 Å². The molecule has 0 fully saturated rings. The summed E-state index contributed by atoms with van der Waals surface area (Å²) in [6.45, 7) is 6.77. The normalized spacial score (nSPS) is 11.9. The van der Waals surface area contributed by atoms with Crippen LogP contribution in [0.1, 0.15) is 27.2 Å². The van der Waals surface area contributed by atoms with Crippen molar-refractivity contribution >= 4 is 11.7 Å². The van der Waals surface area contributed by atoms with Gasteiger partial charge in [-0.1, -0.05) is 6.92 Å². The Morgan fingerprint density at radius 3 is 2.83 bits per heavy atom. The fourth-order valence-corrected chi connectivity index (χ4v) is 1.47. The van der Waals surface area contributed by atoms with E-state index in [9.17, 15) is 9.59 Å². The minimum Gasteiger partial charge on any atom is -0.354 e. The molecular weight excluding hydrogens is 232 g/mol. The van der Waals surface area contributed by atoms with Crippen molar-refractivity contribution in [3.05, 3.63) is 22.7 Å². The summed E-state index contributed by atoms with van der Waals surface area (Å²) in [6.07, 6.45) is 4.05. The molecule has 0 saturated carbocycles. The number of aromatic nitrogens is 2. The maximum absolute atomic E-state index is 11.9. The lowest BCUT2D eigenvalue weighted by Crippen LogP contribution is -2.39. The number of hydrogen-bond acceptors (Lipinski definition) is 4. The number of amides is 1. The number of hydrogen-bond donors (Lipinski definition) is 2. The van der Waals surface area contributed by atoms with Gasteiger partial charge in [0.05, 0.1) is 0 Å². The quantitative estimate of drug-likeness (QED) is 0.777. The first-order valence-corrected chi connectivity index (χ1v) is 6.19. The third-order valence-corrected chi connectivity index (χ3v) is 2.55. The second-order valence-corrected chi connectivity index (χ2v) is 4.02. The Labute approximate surface area is 106 Å². The van der Waals surface area contributed by atoms with Gasteiger partial charge < -0.3 is 15.2 Å². The zero-order valence-electron chi connectivity index (χ0n) is 11.1. The van der Waals surface area contributed by atoms with Crippen molar-refractivity contribution in [1.29, 1.82) is 0 Å². The maximum atomic E-state index is 11.9. The van der Waals surface area contributed by atoms with Crippen LogP contribution in [0.3, 0.4) is 0 Å². The second-order valence-electron chi connectivity index (χ2n) is 4.02. The summed E-state index contributed by atoms with van der Waals surface area (Å²) < 4.78 is 1.53. The van der Waals surface area contributed by atoms with Gasteiger partial charge in [-0.05, 0) is 20.3 Å². The Balaban J connectivity index is 2.73. The maximum Gasteiger partial charge on any atom is 0.293 e. The molecule has 1 aromatic rings. The van der Waals surface area contributed by atoms with E-state index in [-0.39, 0.29) is 17.3 Å². The van der Waals surface area contributed by atoms with Gasteiger partial charge in [0.15, 0.2) is 5.82 Å². The van der Waals surface area contributed by atoms with Gasteiger partial charge in [0.1, 0.15) is 6.04 Å². The molecule has 0 saturated heterocycles. The van der Waals surface area contributed by atoms with Crippen LogP contribution in [0.2, 0.25) is 0 Å². The lowest BCUT2D eigenvalue weighted by atomic mass is 10.3.